The second kappa shape index (κ2) is 5.27. The molecule has 0 bridgehead atoms. The van der Waals surface area contributed by atoms with Gasteiger partial charge in [-0.3, -0.25) is 0 Å². The van der Waals surface area contributed by atoms with E-state index in [1.807, 2.05) is 6.92 Å². The number of aryl methyl sites for hydroxylation is 2. The van der Waals surface area contributed by atoms with Gasteiger partial charge in [-0.25, -0.2) is 17.6 Å². The summed E-state index contributed by atoms with van der Waals surface area (Å²) >= 11 is 0. The van der Waals surface area contributed by atoms with Crippen molar-refractivity contribution in [3.63, 3.8) is 0 Å². The van der Waals surface area contributed by atoms with E-state index in [0.717, 1.165) is 0 Å². The molecule has 114 valence electrons. The number of rotatable bonds is 2. The van der Waals surface area contributed by atoms with Gasteiger partial charge >= 0.3 is 0 Å². The molecule has 0 saturated carbocycles. The molecule has 4 heteroatoms. The Morgan fingerprint density at radius 1 is 0.773 bits per heavy atom. The normalized spacial score (nSPS) is 11.5. The molecule has 0 aliphatic heterocycles. The summed E-state index contributed by atoms with van der Waals surface area (Å²) < 4.78 is 56.7. The zero-order chi connectivity index (χ0) is 16.0. The van der Waals surface area contributed by atoms with Crippen molar-refractivity contribution < 1.29 is 17.6 Å². The monoisotopic (exact) mass is 306 g/mol. The summed E-state index contributed by atoms with van der Waals surface area (Å²) in [5.41, 5.74) is 0.382. The Labute approximate surface area is 125 Å². The molecule has 0 atom stereocenters. The highest BCUT2D eigenvalue weighted by Gasteiger charge is 2.19. The largest absolute Gasteiger partial charge is 0.203 e. The fraction of sp³-hybridized carbons (Fsp3) is 0.222. The molecular formula is C18H14F4. The van der Waals surface area contributed by atoms with Crippen LogP contribution in [0.1, 0.15) is 24.5 Å². The van der Waals surface area contributed by atoms with Gasteiger partial charge in [-0.1, -0.05) is 25.5 Å². The quantitative estimate of drug-likeness (QED) is 0.414. The summed E-state index contributed by atoms with van der Waals surface area (Å²) in [7, 11) is 0. The average molecular weight is 306 g/mol. The lowest BCUT2D eigenvalue weighted by Gasteiger charge is -2.11. The van der Waals surface area contributed by atoms with Gasteiger partial charge in [-0.15, -0.1) is 0 Å². The van der Waals surface area contributed by atoms with E-state index in [2.05, 4.69) is 0 Å². The minimum absolute atomic E-state index is 0.132. The molecule has 22 heavy (non-hydrogen) atoms. The highest BCUT2D eigenvalue weighted by Crippen LogP contribution is 2.34. The zero-order valence-corrected chi connectivity index (χ0v) is 12.2. The van der Waals surface area contributed by atoms with Crippen molar-refractivity contribution in [3.05, 3.63) is 58.7 Å². The molecule has 0 amide bonds. The summed E-state index contributed by atoms with van der Waals surface area (Å²) in [5, 5.41) is 0.314. The van der Waals surface area contributed by atoms with Gasteiger partial charge in [-0.2, -0.15) is 0 Å². The predicted octanol–water partition coefficient (Wildman–Crippen LogP) is 5.81. The van der Waals surface area contributed by atoms with Crippen LogP contribution >= 0.6 is 0 Å². The van der Waals surface area contributed by atoms with Crippen LogP contribution in [0.25, 0.3) is 21.5 Å². The van der Waals surface area contributed by atoms with Crippen molar-refractivity contribution in [2.45, 2.75) is 26.7 Å². The number of hydrogen-bond acceptors (Lipinski definition) is 0. The highest BCUT2D eigenvalue weighted by atomic mass is 19.2. The third kappa shape index (κ3) is 2.05. The summed E-state index contributed by atoms with van der Waals surface area (Å²) in [4.78, 5) is 0. The third-order valence-electron chi connectivity index (χ3n) is 3.94. The standard InChI is InChI=1S/C18H14F4/c1-3-4-12-8-11-6-5-10-7-9(2)15(19)17(21)13(10)14(11)18(22)16(12)20/h5-8H,3-4H2,1-2H3. The van der Waals surface area contributed by atoms with Crippen molar-refractivity contribution in [3.8, 4) is 0 Å². The Kier molecular flexibility index (Phi) is 3.55. The van der Waals surface area contributed by atoms with Gasteiger partial charge in [0.05, 0.1) is 0 Å². The molecule has 0 nitrogen and oxygen atoms in total. The highest BCUT2D eigenvalue weighted by molar-refractivity contribution is 6.08. The van der Waals surface area contributed by atoms with Crippen molar-refractivity contribution >= 4 is 21.5 Å². The van der Waals surface area contributed by atoms with Gasteiger partial charge in [0.25, 0.3) is 0 Å². The van der Waals surface area contributed by atoms with Gasteiger partial charge in [0, 0.05) is 10.8 Å². The lowest BCUT2D eigenvalue weighted by molar-refractivity contribution is 0.503. The Bertz CT molecular complexity index is 897. The molecule has 0 aliphatic rings. The molecular weight excluding hydrogens is 292 g/mol. The summed E-state index contributed by atoms with van der Waals surface area (Å²) in [6.07, 6.45) is 1.05. The lowest BCUT2D eigenvalue weighted by atomic mass is 9.96. The van der Waals surface area contributed by atoms with Gasteiger partial charge in [0.2, 0.25) is 0 Å². The fourth-order valence-electron chi connectivity index (χ4n) is 2.88. The molecule has 3 aromatic rings. The van der Waals surface area contributed by atoms with E-state index in [9.17, 15) is 17.6 Å². The number of fused-ring (bicyclic) bond motifs is 3. The van der Waals surface area contributed by atoms with Gasteiger partial charge in [-0.05, 0) is 47.4 Å². The molecule has 0 unspecified atom stereocenters. The van der Waals surface area contributed by atoms with Crippen molar-refractivity contribution in [2.75, 3.05) is 0 Å². The first kappa shape index (κ1) is 14.8. The minimum atomic E-state index is -1.14. The van der Waals surface area contributed by atoms with E-state index in [1.165, 1.54) is 19.1 Å². The number of hydrogen-bond donors (Lipinski definition) is 0. The summed E-state index contributed by atoms with van der Waals surface area (Å²) in [6, 6.07) is 6.15. The first-order chi connectivity index (χ1) is 10.5. The van der Waals surface area contributed by atoms with Gasteiger partial charge in [0.1, 0.15) is 0 Å². The smallest absolute Gasteiger partial charge is 0.167 e. The first-order valence-corrected chi connectivity index (χ1v) is 7.13. The van der Waals surface area contributed by atoms with Crippen LogP contribution in [0.2, 0.25) is 0 Å². The van der Waals surface area contributed by atoms with E-state index < -0.39 is 23.3 Å². The molecule has 0 saturated heterocycles. The molecule has 0 aliphatic carbocycles. The van der Waals surface area contributed by atoms with Crippen LogP contribution < -0.4 is 0 Å². The Balaban J connectivity index is 2.51. The molecule has 0 radical (unpaired) electrons. The maximum atomic E-state index is 14.5. The maximum Gasteiger partial charge on any atom is 0.167 e. The van der Waals surface area contributed by atoms with Crippen molar-refractivity contribution in [2.24, 2.45) is 0 Å². The molecule has 0 spiro atoms. The van der Waals surface area contributed by atoms with Crippen molar-refractivity contribution in [1.82, 2.24) is 0 Å². The topological polar surface area (TPSA) is 0 Å². The maximum absolute atomic E-state index is 14.5. The van der Waals surface area contributed by atoms with Crippen LogP contribution in [0, 0.1) is 30.2 Å². The zero-order valence-electron chi connectivity index (χ0n) is 12.2. The second-order valence-corrected chi connectivity index (χ2v) is 5.50. The third-order valence-corrected chi connectivity index (χ3v) is 3.94. The van der Waals surface area contributed by atoms with E-state index in [1.54, 1.807) is 12.1 Å². The van der Waals surface area contributed by atoms with Crippen LogP contribution in [0.4, 0.5) is 17.6 Å². The predicted molar refractivity (Wildman–Crippen MR) is 80.0 cm³/mol. The minimum Gasteiger partial charge on any atom is -0.203 e. The summed E-state index contributed by atoms with van der Waals surface area (Å²) in [6.45, 7) is 3.29. The Hall–Kier alpha value is -2.10. The van der Waals surface area contributed by atoms with E-state index in [4.69, 9.17) is 0 Å². The van der Waals surface area contributed by atoms with Gasteiger partial charge in [0.15, 0.2) is 23.3 Å². The van der Waals surface area contributed by atoms with Crippen LogP contribution in [-0.4, -0.2) is 0 Å². The van der Waals surface area contributed by atoms with Crippen LogP contribution in [0.5, 0.6) is 0 Å². The molecule has 0 aromatic heterocycles. The fourth-order valence-corrected chi connectivity index (χ4v) is 2.88. The van der Waals surface area contributed by atoms with E-state index >= 15 is 0 Å². The Morgan fingerprint density at radius 3 is 1.91 bits per heavy atom. The molecule has 0 fully saturated rings. The molecule has 3 rings (SSSR count). The average Bonchev–Trinajstić information content (AvgIpc) is 2.50. The van der Waals surface area contributed by atoms with Crippen LogP contribution in [0.3, 0.4) is 0 Å². The van der Waals surface area contributed by atoms with Crippen LogP contribution in [0.15, 0.2) is 24.3 Å². The SMILES string of the molecule is CCCc1cc2ccc3cc(C)c(F)c(F)c3c2c(F)c1F. The number of halogens is 4. The first-order valence-electron chi connectivity index (χ1n) is 7.13. The van der Waals surface area contributed by atoms with Crippen LogP contribution in [-0.2, 0) is 6.42 Å². The van der Waals surface area contributed by atoms with E-state index in [-0.39, 0.29) is 21.9 Å². The second-order valence-electron chi connectivity index (χ2n) is 5.50. The van der Waals surface area contributed by atoms with Crippen molar-refractivity contribution in [1.29, 1.82) is 0 Å². The Morgan fingerprint density at radius 2 is 1.32 bits per heavy atom. The molecule has 3 aromatic carbocycles. The van der Waals surface area contributed by atoms with E-state index in [0.29, 0.717) is 23.6 Å². The number of benzene rings is 3. The van der Waals surface area contributed by atoms with Gasteiger partial charge < -0.3 is 0 Å². The molecule has 0 heterocycles. The molecule has 0 N–H and O–H groups in total. The summed E-state index contributed by atoms with van der Waals surface area (Å²) in [5.74, 6) is -4.27. The lowest BCUT2D eigenvalue weighted by Crippen LogP contribution is -1.99.